The largest absolute Gasteiger partial charge is 0.396 e. The summed E-state index contributed by atoms with van der Waals surface area (Å²) in [5.74, 6) is 0.597. The summed E-state index contributed by atoms with van der Waals surface area (Å²) in [6, 6.07) is 0. The summed E-state index contributed by atoms with van der Waals surface area (Å²) in [7, 11) is 0. The van der Waals surface area contributed by atoms with Crippen molar-refractivity contribution in [3.63, 3.8) is 0 Å². The molecule has 0 aliphatic rings. The fraction of sp³-hybridized carbons (Fsp3) is 1.00. The number of hydrogen-bond donors (Lipinski definition) is 2. The minimum absolute atomic E-state index is 0.0515. The Morgan fingerprint density at radius 2 is 2.07 bits per heavy atom. The van der Waals surface area contributed by atoms with Gasteiger partial charge in [0.05, 0.1) is 6.61 Å². The molecule has 3 heteroatoms. The number of hydrogen-bond acceptors (Lipinski definition) is 3. The van der Waals surface area contributed by atoms with Crippen LogP contribution >= 0.6 is 0 Å². The fourth-order valence-electron chi connectivity index (χ4n) is 1.38. The van der Waals surface area contributed by atoms with E-state index in [9.17, 15) is 0 Å². The summed E-state index contributed by atoms with van der Waals surface area (Å²) in [5.41, 5.74) is 0.0515. The number of aliphatic hydroxyl groups is 1. The third-order valence-electron chi connectivity index (χ3n) is 2.69. The van der Waals surface area contributed by atoms with Crippen LogP contribution in [0.3, 0.4) is 0 Å². The van der Waals surface area contributed by atoms with E-state index >= 15 is 0 Å². The summed E-state index contributed by atoms with van der Waals surface area (Å²) in [4.78, 5) is 0. The van der Waals surface area contributed by atoms with Crippen LogP contribution in [-0.4, -0.2) is 37.0 Å². The summed E-state index contributed by atoms with van der Waals surface area (Å²) in [6.45, 7) is 11.2. The van der Waals surface area contributed by atoms with Crippen molar-refractivity contribution in [3.05, 3.63) is 0 Å². The van der Waals surface area contributed by atoms with E-state index in [2.05, 4.69) is 33.0 Å². The van der Waals surface area contributed by atoms with Crippen LogP contribution in [0.2, 0.25) is 0 Å². The molecule has 0 fully saturated rings. The van der Waals surface area contributed by atoms with Crippen molar-refractivity contribution in [2.45, 2.75) is 46.1 Å². The van der Waals surface area contributed by atoms with Crippen molar-refractivity contribution in [2.75, 3.05) is 26.4 Å². The Morgan fingerprint density at radius 1 is 1.40 bits per heavy atom. The van der Waals surface area contributed by atoms with Crippen molar-refractivity contribution in [2.24, 2.45) is 5.92 Å². The molecule has 0 rings (SSSR count). The number of aliphatic hydroxyl groups excluding tert-OH is 1. The van der Waals surface area contributed by atoms with Crippen LogP contribution in [0.1, 0.15) is 40.5 Å². The first kappa shape index (κ1) is 14.9. The average molecular weight is 217 g/mol. The van der Waals surface area contributed by atoms with Crippen LogP contribution in [0, 0.1) is 5.92 Å². The van der Waals surface area contributed by atoms with Crippen LogP contribution in [0.4, 0.5) is 0 Å². The van der Waals surface area contributed by atoms with Crippen molar-refractivity contribution < 1.29 is 9.84 Å². The Kier molecular flexibility index (Phi) is 8.02. The van der Waals surface area contributed by atoms with Crippen molar-refractivity contribution in [1.29, 1.82) is 0 Å². The number of nitrogens with one attached hydrogen (secondary N) is 1. The molecule has 0 heterocycles. The lowest BCUT2D eigenvalue weighted by Gasteiger charge is -2.29. The zero-order chi connectivity index (χ0) is 11.7. The summed E-state index contributed by atoms with van der Waals surface area (Å²) >= 11 is 0. The van der Waals surface area contributed by atoms with E-state index in [1.165, 1.54) is 0 Å². The van der Waals surface area contributed by atoms with Gasteiger partial charge in [-0.15, -0.1) is 0 Å². The molecule has 0 amide bonds. The van der Waals surface area contributed by atoms with E-state index in [1.54, 1.807) is 0 Å². The molecule has 0 aromatic heterocycles. The predicted molar refractivity (Wildman–Crippen MR) is 64.1 cm³/mol. The van der Waals surface area contributed by atoms with Gasteiger partial charge in [0.1, 0.15) is 0 Å². The minimum Gasteiger partial charge on any atom is -0.396 e. The normalized spacial score (nSPS) is 15.6. The number of rotatable bonds is 9. The first-order chi connectivity index (χ1) is 7.04. The van der Waals surface area contributed by atoms with E-state index in [0.29, 0.717) is 5.92 Å². The fourth-order valence-corrected chi connectivity index (χ4v) is 1.38. The van der Waals surface area contributed by atoms with Gasteiger partial charge < -0.3 is 15.2 Å². The molecule has 0 spiro atoms. The molecule has 0 aromatic rings. The van der Waals surface area contributed by atoms with Gasteiger partial charge in [-0.1, -0.05) is 20.8 Å². The predicted octanol–water partition coefficient (Wildman–Crippen LogP) is 1.80. The minimum atomic E-state index is 0.0515. The maximum atomic E-state index is 8.94. The van der Waals surface area contributed by atoms with Crippen LogP contribution in [-0.2, 0) is 4.74 Å². The molecule has 0 aliphatic heterocycles. The van der Waals surface area contributed by atoms with Crippen LogP contribution in [0.5, 0.6) is 0 Å². The van der Waals surface area contributed by atoms with Gasteiger partial charge in [-0.2, -0.15) is 0 Å². The standard InChI is InChI=1S/C12H27NO2/c1-5-12(4,6-8-14)13-7-9-15-10-11(2)3/h11,13-14H,5-10H2,1-4H3. The first-order valence-corrected chi connectivity index (χ1v) is 5.97. The van der Waals surface area contributed by atoms with Crippen LogP contribution < -0.4 is 5.32 Å². The molecule has 0 saturated carbocycles. The van der Waals surface area contributed by atoms with E-state index < -0.39 is 0 Å². The molecule has 92 valence electrons. The molecule has 0 aliphatic carbocycles. The Bertz CT molecular complexity index is 151. The second-order valence-corrected chi connectivity index (χ2v) is 4.78. The molecule has 0 aromatic carbocycles. The molecular formula is C12H27NO2. The van der Waals surface area contributed by atoms with Gasteiger partial charge in [0, 0.05) is 25.3 Å². The summed E-state index contributed by atoms with van der Waals surface area (Å²) in [5, 5.41) is 12.4. The van der Waals surface area contributed by atoms with E-state index in [-0.39, 0.29) is 12.1 Å². The highest BCUT2D eigenvalue weighted by Crippen LogP contribution is 2.12. The third-order valence-corrected chi connectivity index (χ3v) is 2.69. The Labute approximate surface area is 94.2 Å². The van der Waals surface area contributed by atoms with Crippen molar-refractivity contribution in [1.82, 2.24) is 5.32 Å². The van der Waals surface area contributed by atoms with Gasteiger partial charge in [0.2, 0.25) is 0 Å². The average Bonchev–Trinajstić information content (AvgIpc) is 2.17. The molecule has 2 N–H and O–H groups in total. The van der Waals surface area contributed by atoms with Gasteiger partial charge in [0.15, 0.2) is 0 Å². The van der Waals surface area contributed by atoms with E-state index in [0.717, 1.165) is 32.6 Å². The molecule has 0 radical (unpaired) electrons. The zero-order valence-electron chi connectivity index (χ0n) is 10.7. The Hall–Kier alpha value is -0.120. The lowest BCUT2D eigenvalue weighted by Crippen LogP contribution is -2.44. The quantitative estimate of drug-likeness (QED) is 0.579. The highest BCUT2D eigenvalue weighted by atomic mass is 16.5. The molecule has 3 nitrogen and oxygen atoms in total. The maximum Gasteiger partial charge on any atom is 0.0591 e. The highest BCUT2D eigenvalue weighted by Gasteiger charge is 2.19. The first-order valence-electron chi connectivity index (χ1n) is 5.97. The lowest BCUT2D eigenvalue weighted by atomic mass is 9.95. The summed E-state index contributed by atoms with van der Waals surface area (Å²) < 4.78 is 5.49. The van der Waals surface area contributed by atoms with Gasteiger partial charge in [0.25, 0.3) is 0 Å². The van der Waals surface area contributed by atoms with Crippen LogP contribution in [0.25, 0.3) is 0 Å². The van der Waals surface area contributed by atoms with Gasteiger partial charge in [-0.3, -0.25) is 0 Å². The third kappa shape index (κ3) is 7.77. The zero-order valence-corrected chi connectivity index (χ0v) is 10.7. The lowest BCUT2D eigenvalue weighted by molar-refractivity contribution is 0.103. The molecule has 0 bridgehead atoms. The monoisotopic (exact) mass is 217 g/mol. The molecule has 1 unspecified atom stereocenters. The second kappa shape index (κ2) is 8.08. The van der Waals surface area contributed by atoms with E-state index in [4.69, 9.17) is 9.84 Å². The smallest absolute Gasteiger partial charge is 0.0591 e. The summed E-state index contributed by atoms with van der Waals surface area (Å²) in [6.07, 6.45) is 1.82. The number of ether oxygens (including phenoxy) is 1. The van der Waals surface area contributed by atoms with Gasteiger partial charge in [-0.05, 0) is 25.7 Å². The maximum absolute atomic E-state index is 8.94. The molecule has 0 saturated heterocycles. The Morgan fingerprint density at radius 3 is 2.53 bits per heavy atom. The van der Waals surface area contributed by atoms with Crippen molar-refractivity contribution in [3.8, 4) is 0 Å². The molecule has 15 heavy (non-hydrogen) atoms. The molecular weight excluding hydrogens is 190 g/mol. The SMILES string of the molecule is CCC(C)(CCO)NCCOCC(C)C. The van der Waals surface area contributed by atoms with Crippen LogP contribution in [0.15, 0.2) is 0 Å². The van der Waals surface area contributed by atoms with E-state index in [1.807, 2.05) is 0 Å². The van der Waals surface area contributed by atoms with Gasteiger partial charge >= 0.3 is 0 Å². The molecule has 1 atom stereocenters. The topological polar surface area (TPSA) is 41.5 Å². The van der Waals surface area contributed by atoms with Gasteiger partial charge in [-0.25, -0.2) is 0 Å². The highest BCUT2D eigenvalue weighted by molar-refractivity contribution is 4.80. The second-order valence-electron chi connectivity index (χ2n) is 4.78. The Balaban J connectivity index is 3.54. The van der Waals surface area contributed by atoms with Crippen molar-refractivity contribution >= 4 is 0 Å².